The quantitative estimate of drug-likeness (QED) is 0.837. The van der Waals surface area contributed by atoms with E-state index < -0.39 is 17.7 Å². The average Bonchev–Trinajstić information content (AvgIpc) is 1.94. The first-order valence-corrected chi connectivity index (χ1v) is 3.82. The number of nitrogens with one attached hydrogen (secondary N) is 1. The van der Waals surface area contributed by atoms with E-state index in [-0.39, 0.29) is 4.47 Å². The molecule has 0 aliphatic carbocycles. The number of aromatic nitrogens is 1. The molecule has 0 saturated heterocycles. The normalized spacial score (nSPS) is 11.4. The van der Waals surface area contributed by atoms with E-state index in [0.29, 0.717) is 6.07 Å². The number of H-pyrrole nitrogens is 1. The fourth-order valence-electron chi connectivity index (χ4n) is 0.638. The topological polar surface area (TPSA) is 42.1 Å². The van der Waals surface area contributed by atoms with Crippen LogP contribution in [0.15, 0.2) is 21.5 Å². The molecule has 72 valence electrons. The zero-order valence-corrected chi connectivity index (χ0v) is 7.57. The van der Waals surface area contributed by atoms with Crippen LogP contribution in [-0.2, 0) is 0 Å². The molecule has 0 amide bonds. The Bertz CT molecular complexity index is 360. The van der Waals surface area contributed by atoms with Gasteiger partial charge in [-0.1, -0.05) is 0 Å². The molecule has 1 rings (SSSR count). The molecule has 0 atom stereocenters. The Hall–Kier alpha value is -0.980. The number of alkyl halides is 3. The van der Waals surface area contributed by atoms with Crippen LogP contribution < -0.4 is 10.3 Å². The first-order valence-electron chi connectivity index (χ1n) is 3.02. The van der Waals surface area contributed by atoms with Crippen LogP contribution in [0.3, 0.4) is 0 Å². The van der Waals surface area contributed by atoms with E-state index in [1.807, 2.05) is 0 Å². The van der Waals surface area contributed by atoms with Crippen molar-refractivity contribution in [1.29, 1.82) is 0 Å². The van der Waals surface area contributed by atoms with E-state index in [1.54, 1.807) is 0 Å². The second kappa shape index (κ2) is 3.41. The zero-order chi connectivity index (χ0) is 10.1. The van der Waals surface area contributed by atoms with Crippen molar-refractivity contribution in [2.24, 2.45) is 0 Å². The van der Waals surface area contributed by atoms with E-state index in [0.717, 1.165) is 6.20 Å². The van der Waals surface area contributed by atoms with Gasteiger partial charge in [-0.2, -0.15) is 0 Å². The molecule has 0 aromatic carbocycles. The molecule has 13 heavy (non-hydrogen) atoms. The predicted molar refractivity (Wildman–Crippen MR) is 41.4 cm³/mol. The molecule has 0 aliphatic rings. The van der Waals surface area contributed by atoms with Gasteiger partial charge in [0.25, 0.3) is 5.56 Å². The molecule has 0 radical (unpaired) electrons. The highest BCUT2D eigenvalue weighted by Crippen LogP contribution is 2.27. The van der Waals surface area contributed by atoms with Crippen molar-refractivity contribution in [1.82, 2.24) is 4.98 Å². The summed E-state index contributed by atoms with van der Waals surface area (Å²) in [6.07, 6.45) is -3.72. The van der Waals surface area contributed by atoms with E-state index >= 15 is 0 Å². The molecule has 7 heteroatoms. The third kappa shape index (κ3) is 3.10. The standard InChI is InChI=1S/C6H3BrF3NO2/c7-3-2-11-5(12)1-4(3)13-6(8,9)10/h1-2H,(H,11,12). The van der Waals surface area contributed by atoms with Gasteiger partial charge >= 0.3 is 6.36 Å². The molecule has 1 heterocycles. The molecule has 0 aliphatic heterocycles. The lowest BCUT2D eigenvalue weighted by molar-refractivity contribution is -0.274. The minimum absolute atomic E-state index is 0.0319. The van der Waals surface area contributed by atoms with Gasteiger partial charge in [0, 0.05) is 12.3 Å². The summed E-state index contributed by atoms with van der Waals surface area (Å²) in [7, 11) is 0. The van der Waals surface area contributed by atoms with Crippen LogP contribution in [0.1, 0.15) is 0 Å². The summed E-state index contributed by atoms with van der Waals surface area (Å²) in [4.78, 5) is 12.8. The van der Waals surface area contributed by atoms with Gasteiger partial charge in [-0.05, 0) is 15.9 Å². The highest BCUT2D eigenvalue weighted by molar-refractivity contribution is 9.10. The Kier molecular flexibility index (Phi) is 2.65. The number of pyridine rings is 1. The SMILES string of the molecule is O=c1cc(OC(F)(F)F)c(Br)c[nH]1. The van der Waals surface area contributed by atoms with E-state index in [2.05, 4.69) is 25.7 Å². The number of hydrogen-bond acceptors (Lipinski definition) is 2. The average molecular weight is 258 g/mol. The fourth-order valence-corrected chi connectivity index (χ4v) is 0.948. The highest BCUT2D eigenvalue weighted by atomic mass is 79.9. The number of aromatic amines is 1. The maximum absolute atomic E-state index is 11.7. The monoisotopic (exact) mass is 257 g/mol. The lowest BCUT2D eigenvalue weighted by atomic mass is 10.4. The van der Waals surface area contributed by atoms with Gasteiger partial charge in [-0.15, -0.1) is 13.2 Å². The number of rotatable bonds is 1. The van der Waals surface area contributed by atoms with Gasteiger partial charge in [-0.25, -0.2) is 0 Å². The van der Waals surface area contributed by atoms with Crippen LogP contribution >= 0.6 is 15.9 Å². The number of hydrogen-bond donors (Lipinski definition) is 1. The third-order valence-corrected chi connectivity index (χ3v) is 1.68. The Morgan fingerprint density at radius 2 is 2.08 bits per heavy atom. The molecule has 0 saturated carbocycles. The van der Waals surface area contributed by atoms with Crippen LogP contribution in [0, 0.1) is 0 Å². The van der Waals surface area contributed by atoms with Crippen LogP contribution in [0.4, 0.5) is 13.2 Å². The molecule has 1 N–H and O–H groups in total. The van der Waals surface area contributed by atoms with Crippen molar-refractivity contribution in [3.63, 3.8) is 0 Å². The van der Waals surface area contributed by atoms with Gasteiger partial charge < -0.3 is 9.72 Å². The molecule has 1 aromatic rings. The minimum Gasteiger partial charge on any atom is -0.404 e. The second-order valence-corrected chi connectivity index (χ2v) is 2.91. The summed E-state index contributed by atoms with van der Waals surface area (Å²) in [5.74, 6) is -0.559. The first-order chi connectivity index (χ1) is 5.88. The van der Waals surface area contributed by atoms with E-state index in [1.165, 1.54) is 0 Å². The van der Waals surface area contributed by atoms with Gasteiger partial charge in [0.05, 0.1) is 4.47 Å². The maximum atomic E-state index is 11.7. The Morgan fingerprint density at radius 3 is 2.62 bits per heavy atom. The molecule has 1 aromatic heterocycles. The second-order valence-electron chi connectivity index (χ2n) is 2.06. The van der Waals surface area contributed by atoms with Crippen molar-refractivity contribution in [2.45, 2.75) is 6.36 Å². The van der Waals surface area contributed by atoms with Gasteiger partial charge in [-0.3, -0.25) is 4.79 Å². The van der Waals surface area contributed by atoms with Crippen molar-refractivity contribution >= 4 is 15.9 Å². The van der Waals surface area contributed by atoms with Crippen molar-refractivity contribution in [3.8, 4) is 5.75 Å². The van der Waals surface area contributed by atoms with Crippen LogP contribution in [-0.4, -0.2) is 11.3 Å². The van der Waals surface area contributed by atoms with Crippen LogP contribution in [0.25, 0.3) is 0 Å². The summed E-state index contributed by atoms with van der Waals surface area (Å²) < 4.78 is 38.7. The Labute approximate surface area is 78.7 Å². The fraction of sp³-hybridized carbons (Fsp3) is 0.167. The van der Waals surface area contributed by atoms with Gasteiger partial charge in [0.2, 0.25) is 0 Å². The number of halogens is 4. The molecule has 0 fully saturated rings. The lowest BCUT2D eigenvalue weighted by Gasteiger charge is -2.08. The van der Waals surface area contributed by atoms with E-state index in [4.69, 9.17) is 0 Å². The lowest BCUT2D eigenvalue weighted by Crippen LogP contribution is -2.19. The molecule has 0 bridgehead atoms. The highest BCUT2D eigenvalue weighted by Gasteiger charge is 2.32. The van der Waals surface area contributed by atoms with Gasteiger partial charge in [0.15, 0.2) is 5.75 Å². The predicted octanol–water partition coefficient (Wildman–Crippen LogP) is 2.04. The molecule has 0 unspecified atom stereocenters. The smallest absolute Gasteiger partial charge is 0.404 e. The van der Waals surface area contributed by atoms with Crippen LogP contribution in [0.5, 0.6) is 5.75 Å². The first kappa shape index (κ1) is 10.1. The summed E-state index contributed by atoms with van der Waals surface area (Å²) in [5, 5.41) is 0. The van der Waals surface area contributed by atoms with Crippen molar-refractivity contribution in [3.05, 3.63) is 27.1 Å². The largest absolute Gasteiger partial charge is 0.573 e. The molecular weight excluding hydrogens is 255 g/mol. The third-order valence-electron chi connectivity index (χ3n) is 1.06. The summed E-state index contributed by atoms with van der Waals surface area (Å²) in [6.45, 7) is 0. The zero-order valence-electron chi connectivity index (χ0n) is 5.98. The maximum Gasteiger partial charge on any atom is 0.573 e. The van der Waals surface area contributed by atoms with Crippen LogP contribution in [0.2, 0.25) is 0 Å². The number of ether oxygens (including phenoxy) is 1. The summed E-state index contributed by atoms with van der Waals surface area (Å²) in [5.41, 5.74) is -0.664. The molecule has 3 nitrogen and oxygen atoms in total. The Balaban J connectivity index is 3.01. The van der Waals surface area contributed by atoms with Crippen molar-refractivity contribution < 1.29 is 17.9 Å². The minimum atomic E-state index is -4.80. The van der Waals surface area contributed by atoms with Gasteiger partial charge in [0.1, 0.15) is 0 Å². The van der Waals surface area contributed by atoms with Crippen molar-refractivity contribution in [2.75, 3.05) is 0 Å². The molecule has 0 spiro atoms. The van der Waals surface area contributed by atoms with E-state index in [9.17, 15) is 18.0 Å². The summed E-state index contributed by atoms with van der Waals surface area (Å²) in [6, 6.07) is 0.706. The summed E-state index contributed by atoms with van der Waals surface area (Å²) >= 11 is 2.79. The molecular formula is C6H3BrF3NO2. The Morgan fingerprint density at radius 1 is 1.46 bits per heavy atom.